The van der Waals surface area contributed by atoms with Crippen molar-refractivity contribution < 1.29 is 0 Å². The first kappa shape index (κ1) is 84.1. The Balaban J connectivity index is 0.000000115. The lowest BCUT2D eigenvalue weighted by Crippen LogP contribution is -1.97. The van der Waals surface area contributed by atoms with E-state index >= 15 is 0 Å². The lowest BCUT2D eigenvalue weighted by Gasteiger charge is -2.14. The van der Waals surface area contributed by atoms with Gasteiger partial charge in [0.1, 0.15) is 0 Å². The zero-order valence-electron chi connectivity index (χ0n) is 76.0. The normalized spacial score (nSPS) is 11.3. The minimum absolute atomic E-state index is 0.689. The molecule has 140 heavy (non-hydrogen) atoms. The van der Waals surface area contributed by atoms with Crippen LogP contribution in [0.3, 0.4) is 0 Å². The van der Waals surface area contributed by atoms with E-state index in [-0.39, 0.29) is 0 Å². The molecule has 0 fully saturated rings. The molecule has 0 saturated heterocycles. The van der Waals surface area contributed by atoms with E-state index in [2.05, 4.69) is 451 Å². The molecule has 0 atom stereocenters. The van der Waals surface area contributed by atoms with Crippen molar-refractivity contribution in [3.8, 4) is 168 Å². The maximum Gasteiger partial charge on any atom is 0.161 e. The quantitative estimate of drug-likeness (QED) is 0.0915. The van der Waals surface area contributed by atoms with Crippen LogP contribution in [0.1, 0.15) is 0 Å². The Labute approximate surface area is 809 Å². The van der Waals surface area contributed by atoms with E-state index in [0.717, 1.165) is 145 Å². The molecule has 19 aromatic carbocycles. The summed E-state index contributed by atoms with van der Waals surface area (Å²) in [5, 5.41) is 18.1. The van der Waals surface area contributed by atoms with Crippen LogP contribution in [0.5, 0.6) is 0 Å². The van der Waals surface area contributed by atoms with Crippen LogP contribution in [0.4, 0.5) is 0 Å². The third-order valence-corrected chi connectivity index (χ3v) is 26.3. The molecular weight excluding hydrogens is 1700 g/mol. The number of pyridine rings is 4. The Hall–Kier alpha value is -18.9. The van der Waals surface area contributed by atoms with E-state index in [9.17, 15) is 0 Å². The Morgan fingerprint density at radius 1 is 0.129 bits per heavy atom. The molecule has 0 spiro atoms. The van der Waals surface area contributed by atoms with Crippen LogP contribution in [0.15, 0.2) is 510 Å². The highest BCUT2D eigenvalue weighted by molar-refractivity contribution is 6.26. The summed E-state index contributed by atoms with van der Waals surface area (Å²) in [6, 6.07) is 166. The first-order valence-corrected chi connectivity index (χ1v) is 47.0. The molecule has 0 radical (unpaired) electrons. The summed E-state index contributed by atoms with van der Waals surface area (Å²) >= 11 is 0. The molecule has 26 aromatic rings. The van der Waals surface area contributed by atoms with E-state index in [1.807, 2.05) is 61.1 Å². The van der Waals surface area contributed by atoms with E-state index in [1.165, 1.54) is 92.5 Å². The minimum Gasteiger partial charge on any atom is -0.264 e. The summed E-state index contributed by atoms with van der Waals surface area (Å²) in [7, 11) is 0. The number of benzene rings is 19. The average Bonchev–Trinajstić information content (AvgIpc) is 0.737. The molecule has 0 aliphatic heterocycles. The highest BCUT2D eigenvalue weighted by Crippen LogP contribution is 2.43. The Bertz CT molecular complexity index is 9150. The van der Waals surface area contributed by atoms with Gasteiger partial charge in [0, 0.05) is 109 Å². The molecule has 0 aliphatic rings. The van der Waals surface area contributed by atoms with E-state index in [4.69, 9.17) is 29.9 Å². The van der Waals surface area contributed by atoms with Crippen molar-refractivity contribution in [3.05, 3.63) is 510 Å². The second kappa shape index (κ2) is 37.5. The minimum atomic E-state index is 0.689. The van der Waals surface area contributed by atoms with Crippen molar-refractivity contribution in [2.24, 2.45) is 0 Å². The van der Waals surface area contributed by atoms with Gasteiger partial charge in [0.2, 0.25) is 0 Å². The first-order chi connectivity index (χ1) is 69.3. The van der Waals surface area contributed by atoms with Gasteiger partial charge in [-0.1, -0.05) is 382 Å². The van der Waals surface area contributed by atoms with Crippen molar-refractivity contribution in [2.75, 3.05) is 0 Å². The molecule has 10 heteroatoms. The molecule has 26 rings (SSSR count). The van der Waals surface area contributed by atoms with Gasteiger partial charge in [0.25, 0.3) is 0 Å². The predicted octanol–water partition coefficient (Wildman–Crippen LogP) is 33.2. The van der Waals surface area contributed by atoms with Crippen molar-refractivity contribution in [1.29, 1.82) is 0 Å². The zero-order valence-corrected chi connectivity index (χ0v) is 76.0. The molecule has 0 saturated carbocycles. The number of aromatic nitrogens is 10. The van der Waals surface area contributed by atoms with Crippen LogP contribution in [0.25, 0.3) is 255 Å². The molecule has 7 heterocycles. The standard InChI is InChI=1S/C49H31N3.C44H28N4.C37H25N3/c1-2-18-39-32(11-1)12-9-23-40(39)34-14-8-16-36(28-34)48-30-47(35-15-7-13-33(27-35)38-17-10-26-50-31-38)51-49(52-48)37-24-25-45-43-21-4-3-19-41(43)42-20-5-6-22-44(42)46(45)29-37;1-2-10-33-24-35(22-19-29(33)8-1)30-17-20-32(21-18-30)41-27-42(48-44(47-41)40-16-6-11-31-9-3-4-15-39(31)40)36-13-5-12-34(25-36)38-26-37-14-7-23-45-43(37)46-28-38;1-2-9-29(10-3-1)37-39-35(24-36(40-37)33-13-6-12-31(23-33)34-14-7-21-38-25-34)28-18-15-27(16-19-28)32-20-17-26-8-4-5-11-30(26)22-32/h1-31H;1-28H;1-25H. The summed E-state index contributed by atoms with van der Waals surface area (Å²) in [4.78, 5) is 48.6. The lowest BCUT2D eigenvalue weighted by molar-refractivity contribution is 1.18. The molecule has 0 aliphatic carbocycles. The van der Waals surface area contributed by atoms with Gasteiger partial charge in [0.15, 0.2) is 23.1 Å². The van der Waals surface area contributed by atoms with Gasteiger partial charge in [-0.2, -0.15) is 0 Å². The Morgan fingerprint density at radius 2 is 0.450 bits per heavy atom. The fourth-order valence-electron chi connectivity index (χ4n) is 19.2. The highest BCUT2D eigenvalue weighted by Gasteiger charge is 2.21. The maximum absolute atomic E-state index is 5.31. The van der Waals surface area contributed by atoms with Gasteiger partial charge in [0.05, 0.1) is 34.2 Å². The van der Waals surface area contributed by atoms with Gasteiger partial charge in [-0.15, -0.1) is 0 Å². The van der Waals surface area contributed by atoms with Gasteiger partial charge in [-0.25, -0.2) is 39.9 Å². The molecule has 0 bridgehead atoms. The lowest BCUT2D eigenvalue weighted by atomic mass is 9.93. The summed E-state index contributed by atoms with van der Waals surface area (Å²) < 4.78 is 0. The molecule has 7 aromatic heterocycles. The fourth-order valence-corrected chi connectivity index (χ4v) is 19.2. The zero-order chi connectivity index (χ0) is 93.0. The molecule has 0 amide bonds. The molecular formula is C130H84N10. The number of fused-ring (bicyclic) bond motifs is 11. The third-order valence-electron chi connectivity index (χ3n) is 26.3. The van der Waals surface area contributed by atoms with Crippen molar-refractivity contribution in [3.63, 3.8) is 0 Å². The van der Waals surface area contributed by atoms with Crippen LogP contribution >= 0.6 is 0 Å². The van der Waals surface area contributed by atoms with Crippen LogP contribution in [0.2, 0.25) is 0 Å². The van der Waals surface area contributed by atoms with Gasteiger partial charge in [-0.05, 0) is 216 Å². The molecule has 0 N–H and O–H groups in total. The molecule has 654 valence electrons. The second-order valence-corrected chi connectivity index (χ2v) is 35.0. The van der Waals surface area contributed by atoms with Gasteiger partial charge < -0.3 is 0 Å². The van der Waals surface area contributed by atoms with E-state index in [0.29, 0.717) is 17.5 Å². The number of hydrogen-bond donors (Lipinski definition) is 0. The first-order valence-electron chi connectivity index (χ1n) is 47.0. The number of hydrogen-bond acceptors (Lipinski definition) is 10. The summed E-state index contributed by atoms with van der Waals surface area (Å²) in [5.41, 5.74) is 28.7. The predicted molar refractivity (Wildman–Crippen MR) is 579 cm³/mol. The topological polar surface area (TPSA) is 129 Å². The summed E-state index contributed by atoms with van der Waals surface area (Å²) in [6.07, 6.45) is 11.0. The van der Waals surface area contributed by atoms with Crippen LogP contribution in [-0.4, -0.2) is 49.8 Å². The summed E-state index contributed by atoms with van der Waals surface area (Å²) in [6.45, 7) is 0. The van der Waals surface area contributed by atoms with Crippen molar-refractivity contribution >= 4 is 86.4 Å². The van der Waals surface area contributed by atoms with Crippen LogP contribution in [-0.2, 0) is 0 Å². The molecule has 0 unspecified atom stereocenters. The Kier molecular flexibility index (Phi) is 22.5. The smallest absolute Gasteiger partial charge is 0.161 e. The average molecular weight is 1790 g/mol. The molecule has 10 nitrogen and oxygen atoms in total. The monoisotopic (exact) mass is 1780 g/mol. The number of rotatable bonds is 15. The fraction of sp³-hybridized carbons (Fsp3) is 0. The largest absolute Gasteiger partial charge is 0.264 e. The maximum atomic E-state index is 5.31. The second-order valence-electron chi connectivity index (χ2n) is 35.0. The van der Waals surface area contributed by atoms with Gasteiger partial charge in [-0.3, -0.25) is 9.97 Å². The Morgan fingerprint density at radius 3 is 0.950 bits per heavy atom. The van der Waals surface area contributed by atoms with Crippen LogP contribution in [0, 0.1) is 0 Å². The van der Waals surface area contributed by atoms with Crippen molar-refractivity contribution in [1.82, 2.24) is 49.8 Å². The van der Waals surface area contributed by atoms with Gasteiger partial charge >= 0.3 is 0 Å². The van der Waals surface area contributed by atoms with E-state index in [1.54, 1.807) is 18.6 Å². The number of nitrogens with zero attached hydrogens (tertiary/aromatic N) is 10. The summed E-state index contributed by atoms with van der Waals surface area (Å²) in [5.74, 6) is 2.09. The highest BCUT2D eigenvalue weighted by atomic mass is 14.9. The SMILES string of the molecule is c1cc(-c2cnc3ncccc3c2)cc(-c2cc(-c3ccc(-c4ccc5ccccc5c4)cc3)nc(-c3cccc4ccccc34)n2)c1.c1ccc(-c2nc(-c3ccc(-c4ccc5ccccc5c4)cc3)cc(-c3cccc(-c4cccnc4)c3)n2)cc1.c1cncc(-c2cccc(-c3cc(-c4cccc(-c5cccc6ccccc56)c4)nc(-c4ccc5c6ccccc6c6ccccc6c5c4)n3)c2)c1. The van der Waals surface area contributed by atoms with Crippen molar-refractivity contribution in [2.45, 2.75) is 0 Å². The van der Waals surface area contributed by atoms with Crippen LogP contribution < -0.4 is 0 Å². The third kappa shape index (κ3) is 17.3. The van der Waals surface area contributed by atoms with E-state index < -0.39 is 0 Å².